The van der Waals surface area contributed by atoms with Gasteiger partial charge in [0.15, 0.2) is 0 Å². The summed E-state index contributed by atoms with van der Waals surface area (Å²) < 4.78 is 0. The van der Waals surface area contributed by atoms with Gasteiger partial charge in [0, 0.05) is 50.0 Å². The summed E-state index contributed by atoms with van der Waals surface area (Å²) in [6, 6.07) is 12.4. The van der Waals surface area contributed by atoms with Crippen LogP contribution >= 0.6 is 0 Å². The van der Waals surface area contributed by atoms with E-state index in [0.717, 1.165) is 11.1 Å². The van der Waals surface area contributed by atoms with Crippen molar-refractivity contribution in [2.75, 3.05) is 26.2 Å². The number of aromatic nitrogens is 3. The lowest BCUT2D eigenvalue weighted by Gasteiger charge is -2.22. The van der Waals surface area contributed by atoms with Crippen molar-refractivity contribution in [2.45, 2.75) is 12.8 Å². The SMILES string of the molecule is O=C(CCc1ccc(O)cc1)N1CC2CN(C(=O)c3ccc4n[nH]nc4c3)CC2C1. The zero-order valence-electron chi connectivity index (χ0n) is 16.5. The van der Waals surface area contributed by atoms with Crippen LogP contribution in [0.25, 0.3) is 11.0 Å². The molecule has 0 saturated carbocycles. The quantitative estimate of drug-likeness (QED) is 0.689. The third-order valence-corrected chi connectivity index (χ3v) is 6.25. The summed E-state index contributed by atoms with van der Waals surface area (Å²) in [6.07, 6.45) is 1.13. The number of likely N-dealkylation sites (tertiary alicyclic amines) is 2. The summed E-state index contributed by atoms with van der Waals surface area (Å²) in [7, 11) is 0. The number of carbonyl (C=O) groups excluding carboxylic acids is 2. The van der Waals surface area contributed by atoms with Crippen LogP contribution in [0.4, 0.5) is 0 Å². The Bertz CT molecular complexity index is 1080. The zero-order valence-corrected chi connectivity index (χ0v) is 16.5. The van der Waals surface area contributed by atoms with E-state index in [0.29, 0.717) is 61.9 Å². The molecule has 2 aliphatic rings. The Labute approximate surface area is 173 Å². The first-order valence-electron chi connectivity index (χ1n) is 10.2. The molecule has 0 bridgehead atoms. The van der Waals surface area contributed by atoms with Crippen LogP contribution in [0, 0.1) is 11.8 Å². The van der Waals surface area contributed by atoms with Gasteiger partial charge in [-0.05, 0) is 42.3 Å². The molecular weight excluding hydrogens is 382 g/mol. The normalized spacial score (nSPS) is 20.7. The van der Waals surface area contributed by atoms with E-state index in [1.54, 1.807) is 30.3 Å². The molecule has 2 atom stereocenters. The topological polar surface area (TPSA) is 102 Å². The molecule has 2 aliphatic heterocycles. The first-order chi connectivity index (χ1) is 14.6. The molecule has 3 heterocycles. The van der Waals surface area contributed by atoms with Crippen molar-refractivity contribution in [2.24, 2.45) is 11.8 Å². The second-order valence-corrected chi connectivity index (χ2v) is 8.22. The highest BCUT2D eigenvalue weighted by atomic mass is 16.3. The van der Waals surface area contributed by atoms with Crippen molar-refractivity contribution in [3.8, 4) is 5.75 Å². The number of aromatic amines is 1. The predicted molar refractivity (Wildman–Crippen MR) is 110 cm³/mol. The molecule has 2 unspecified atom stereocenters. The summed E-state index contributed by atoms with van der Waals surface area (Å²) >= 11 is 0. The number of carbonyl (C=O) groups is 2. The van der Waals surface area contributed by atoms with Crippen LogP contribution in [0.1, 0.15) is 22.3 Å². The number of fused-ring (bicyclic) bond motifs is 2. The van der Waals surface area contributed by atoms with Crippen LogP contribution in [0.5, 0.6) is 5.75 Å². The number of amides is 2. The molecule has 0 spiro atoms. The number of rotatable bonds is 4. The number of aromatic hydroxyl groups is 1. The van der Waals surface area contributed by atoms with Crippen LogP contribution in [-0.2, 0) is 11.2 Å². The third kappa shape index (κ3) is 3.49. The molecule has 3 aromatic rings. The maximum atomic E-state index is 12.9. The van der Waals surface area contributed by atoms with Gasteiger partial charge in [0.2, 0.25) is 5.91 Å². The van der Waals surface area contributed by atoms with E-state index in [1.165, 1.54) is 0 Å². The van der Waals surface area contributed by atoms with Crippen molar-refractivity contribution in [3.63, 3.8) is 0 Å². The van der Waals surface area contributed by atoms with E-state index in [1.807, 2.05) is 21.9 Å². The fraction of sp³-hybridized carbons (Fsp3) is 0.364. The molecule has 1 aromatic heterocycles. The Hall–Kier alpha value is -3.42. The molecule has 154 valence electrons. The van der Waals surface area contributed by atoms with Crippen LogP contribution in [0.15, 0.2) is 42.5 Å². The van der Waals surface area contributed by atoms with Gasteiger partial charge in [-0.25, -0.2) is 0 Å². The lowest BCUT2D eigenvalue weighted by Crippen LogP contribution is -2.35. The average Bonchev–Trinajstić information content (AvgIpc) is 3.46. The van der Waals surface area contributed by atoms with Crippen LogP contribution in [-0.4, -0.2) is 68.3 Å². The lowest BCUT2D eigenvalue weighted by atomic mass is 10.0. The predicted octanol–water partition coefficient (Wildman–Crippen LogP) is 1.83. The Morgan fingerprint density at radius 2 is 1.60 bits per heavy atom. The number of phenolic OH excluding ortho intramolecular Hbond substituents is 1. The van der Waals surface area contributed by atoms with Crippen molar-refractivity contribution >= 4 is 22.8 Å². The smallest absolute Gasteiger partial charge is 0.253 e. The second-order valence-electron chi connectivity index (χ2n) is 8.22. The van der Waals surface area contributed by atoms with Gasteiger partial charge in [0.05, 0.1) is 0 Å². The molecule has 8 heteroatoms. The Balaban J connectivity index is 1.16. The number of hydrogen-bond acceptors (Lipinski definition) is 5. The molecule has 5 rings (SSSR count). The van der Waals surface area contributed by atoms with E-state index in [-0.39, 0.29) is 17.6 Å². The second kappa shape index (κ2) is 7.44. The number of benzene rings is 2. The maximum Gasteiger partial charge on any atom is 0.253 e. The van der Waals surface area contributed by atoms with Gasteiger partial charge in [-0.3, -0.25) is 9.59 Å². The van der Waals surface area contributed by atoms with Gasteiger partial charge in [0.25, 0.3) is 5.91 Å². The molecule has 0 radical (unpaired) electrons. The average molecular weight is 405 g/mol. The Morgan fingerprint density at radius 1 is 0.933 bits per heavy atom. The molecule has 2 amide bonds. The first kappa shape index (κ1) is 18.6. The van der Waals surface area contributed by atoms with E-state index in [9.17, 15) is 14.7 Å². The van der Waals surface area contributed by atoms with Gasteiger partial charge in [0.1, 0.15) is 16.8 Å². The summed E-state index contributed by atoms with van der Waals surface area (Å²) in [5, 5.41) is 20.0. The number of aryl methyl sites for hydroxylation is 1. The minimum absolute atomic E-state index is 0.0134. The Morgan fingerprint density at radius 3 is 2.33 bits per heavy atom. The molecular formula is C22H23N5O3. The number of hydrogen-bond donors (Lipinski definition) is 2. The van der Waals surface area contributed by atoms with Crippen molar-refractivity contribution in [3.05, 3.63) is 53.6 Å². The minimum Gasteiger partial charge on any atom is -0.508 e. The summed E-state index contributed by atoms with van der Waals surface area (Å²) in [4.78, 5) is 29.4. The van der Waals surface area contributed by atoms with E-state index in [4.69, 9.17) is 0 Å². The Kier molecular flexibility index (Phi) is 4.61. The number of nitrogens with zero attached hydrogens (tertiary/aromatic N) is 4. The van der Waals surface area contributed by atoms with Gasteiger partial charge < -0.3 is 14.9 Å². The number of nitrogens with one attached hydrogen (secondary N) is 1. The molecule has 2 saturated heterocycles. The van der Waals surface area contributed by atoms with Gasteiger partial charge in [-0.15, -0.1) is 0 Å². The van der Waals surface area contributed by atoms with Crippen molar-refractivity contribution in [1.29, 1.82) is 0 Å². The number of H-pyrrole nitrogens is 1. The van der Waals surface area contributed by atoms with Crippen molar-refractivity contribution in [1.82, 2.24) is 25.2 Å². The molecule has 30 heavy (non-hydrogen) atoms. The van der Waals surface area contributed by atoms with Gasteiger partial charge in [-0.2, -0.15) is 15.4 Å². The first-order valence-corrected chi connectivity index (χ1v) is 10.2. The summed E-state index contributed by atoms with van der Waals surface area (Å²) in [6.45, 7) is 2.79. The molecule has 2 aromatic carbocycles. The highest BCUT2D eigenvalue weighted by molar-refractivity contribution is 5.97. The molecule has 0 aliphatic carbocycles. The highest BCUT2D eigenvalue weighted by Gasteiger charge is 2.42. The maximum absolute atomic E-state index is 12.9. The van der Waals surface area contributed by atoms with E-state index < -0.39 is 0 Å². The fourth-order valence-electron chi connectivity index (χ4n) is 4.59. The summed E-state index contributed by atoms with van der Waals surface area (Å²) in [5.74, 6) is 1.08. The van der Waals surface area contributed by atoms with Crippen molar-refractivity contribution < 1.29 is 14.7 Å². The lowest BCUT2D eigenvalue weighted by molar-refractivity contribution is -0.130. The minimum atomic E-state index is 0.0134. The third-order valence-electron chi connectivity index (χ3n) is 6.25. The highest BCUT2D eigenvalue weighted by Crippen LogP contribution is 2.32. The van der Waals surface area contributed by atoms with Gasteiger partial charge in [-0.1, -0.05) is 12.1 Å². The standard InChI is InChI=1S/C22H23N5O3/c28-18-5-1-14(2-6-18)3-8-21(29)26-10-16-12-27(13-17(16)11-26)22(30)15-4-7-19-20(9-15)24-25-23-19/h1-2,4-7,9,16-17,28H,3,8,10-13H2,(H,23,24,25). The monoisotopic (exact) mass is 405 g/mol. The van der Waals surface area contributed by atoms with E-state index >= 15 is 0 Å². The van der Waals surface area contributed by atoms with Crippen LogP contribution in [0.2, 0.25) is 0 Å². The number of phenols is 1. The fourth-order valence-corrected chi connectivity index (χ4v) is 4.59. The van der Waals surface area contributed by atoms with E-state index in [2.05, 4.69) is 15.4 Å². The largest absolute Gasteiger partial charge is 0.508 e. The van der Waals surface area contributed by atoms with Crippen LogP contribution < -0.4 is 0 Å². The summed E-state index contributed by atoms with van der Waals surface area (Å²) in [5.41, 5.74) is 3.09. The zero-order chi connectivity index (χ0) is 20.7. The molecule has 2 N–H and O–H groups in total. The van der Waals surface area contributed by atoms with Gasteiger partial charge >= 0.3 is 0 Å². The molecule has 8 nitrogen and oxygen atoms in total. The molecule has 2 fully saturated rings. The van der Waals surface area contributed by atoms with Crippen LogP contribution in [0.3, 0.4) is 0 Å².